The molecule has 0 bridgehead atoms. The van der Waals surface area contributed by atoms with Crippen LogP contribution in [-0.2, 0) is 9.53 Å². The molecule has 0 aliphatic rings. The molecular formula is C12H22O3. The molecule has 0 aromatic heterocycles. The molecule has 0 unspecified atom stereocenters. The molecule has 15 heavy (non-hydrogen) atoms. The zero-order valence-corrected chi connectivity index (χ0v) is 9.74. The van der Waals surface area contributed by atoms with Crippen molar-refractivity contribution >= 4 is 5.97 Å². The van der Waals surface area contributed by atoms with Gasteiger partial charge in [0, 0.05) is 6.61 Å². The lowest BCUT2D eigenvalue weighted by molar-refractivity contribution is -0.146. The molecular weight excluding hydrogens is 192 g/mol. The smallest absolute Gasteiger partial charge is 0.309 e. The predicted octanol–water partition coefficient (Wildman–Crippen LogP) is 2.44. The van der Waals surface area contributed by atoms with Gasteiger partial charge in [0.25, 0.3) is 0 Å². The van der Waals surface area contributed by atoms with E-state index in [1.165, 1.54) is 0 Å². The van der Waals surface area contributed by atoms with E-state index in [9.17, 15) is 4.79 Å². The van der Waals surface area contributed by atoms with Crippen molar-refractivity contribution in [2.75, 3.05) is 6.61 Å². The molecule has 0 atom stereocenters. The number of rotatable bonds is 8. The Morgan fingerprint density at radius 1 is 1.27 bits per heavy atom. The van der Waals surface area contributed by atoms with E-state index in [0.29, 0.717) is 6.42 Å². The van der Waals surface area contributed by atoms with Crippen LogP contribution in [0.5, 0.6) is 0 Å². The number of carbonyl (C=O) groups excluding carboxylic acids is 1. The second kappa shape index (κ2) is 9.71. The number of carbonyl (C=O) groups is 1. The molecule has 3 nitrogen and oxygen atoms in total. The average Bonchev–Trinajstić information content (AvgIpc) is 2.15. The molecule has 0 aliphatic carbocycles. The predicted molar refractivity (Wildman–Crippen MR) is 60.5 cm³/mol. The van der Waals surface area contributed by atoms with Gasteiger partial charge in [-0.1, -0.05) is 18.6 Å². The third-order valence-electron chi connectivity index (χ3n) is 1.85. The molecule has 0 fully saturated rings. The van der Waals surface area contributed by atoms with Gasteiger partial charge >= 0.3 is 5.97 Å². The van der Waals surface area contributed by atoms with Gasteiger partial charge in [0.05, 0.1) is 12.5 Å². The van der Waals surface area contributed by atoms with Crippen LogP contribution in [0.2, 0.25) is 0 Å². The van der Waals surface area contributed by atoms with Crippen molar-refractivity contribution in [3.63, 3.8) is 0 Å². The van der Waals surface area contributed by atoms with Crippen LogP contribution in [0.1, 0.15) is 46.0 Å². The van der Waals surface area contributed by atoms with E-state index < -0.39 is 0 Å². The van der Waals surface area contributed by atoms with Gasteiger partial charge in [-0.25, -0.2) is 0 Å². The number of hydrogen-bond acceptors (Lipinski definition) is 3. The first-order valence-corrected chi connectivity index (χ1v) is 5.62. The SMILES string of the molecule is CC(C)OC(=O)C/C=C/CCCCCO. The third kappa shape index (κ3) is 11.1. The lowest BCUT2D eigenvalue weighted by atomic mass is 10.2. The summed E-state index contributed by atoms with van der Waals surface area (Å²) in [5.41, 5.74) is 0. The first-order chi connectivity index (χ1) is 7.16. The van der Waals surface area contributed by atoms with Crippen LogP contribution in [0.4, 0.5) is 0 Å². The molecule has 88 valence electrons. The van der Waals surface area contributed by atoms with Crippen molar-refractivity contribution in [2.45, 2.75) is 52.1 Å². The van der Waals surface area contributed by atoms with Crippen molar-refractivity contribution < 1.29 is 14.6 Å². The first kappa shape index (κ1) is 14.2. The minimum absolute atomic E-state index is 0.0320. The lowest BCUT2D eigenvalue weighted by Gasteiger charge is -2.05. The second-order valence-corrected chi connectivity index (χ2v) is 3.79. The number of unbranched alkanes of at least 4 members (excludes halogenated alkanes) is 3. The van der Waals surface area contributed by atoms with Crippen LogP contribution in [0, 0.1) is 0 Å². The Hall–Kier alpha value is -0.830. The Morgan fingerprint density at radius 3 is 2.60 bits per heavy atom. The Balaban J connectivity index is 3.33. The van der Waals surface area contributed by atoms with Crippen LogP contribution >= 0.6 is 0 Å². The van der Waals surface area contributed by atoms with Gasteiger partial charge in [0.2, 0.25) is 0 Å². The van der Waals surface area contributed by atoms with Crippen LogP contribution in [0.25, 0.3) is 0 Å². The van der Waals surface area contributed by atoms with E-state index in [1.54, 1.807) is 0 Å². The molecule has 0 amide bonds. The maximum Gasteiger partial charge on any atom is 0.309 e. The summed E-state index contributed by atoms with van der Waals surface area (Å²) in [4.78, 5) is 11.1. The number of allylic oxidation sites excluding steroid dienone is 1. The molecule has 0 saturated heterocycles. The fourth-order valence-corrected chi connectivity index (χ4v) is 1.16. The summed E-state index contributed by atoms with van der Waals surface area (Å²) in [5.74, 6) is -0.170. The van der Waals surface area contributed by atoms with Gasteiger partial charge in [-0.3, -0.25) is 4.79 Å². The zero-order valence-electron chi connectivity index (χ0n) is 9.74. The normalized spacial score (nSPS) is 11.2. The van der Waals surface area contributed by atoms with Crippen molar-refractivity contribution in [1.82, 2.24) is 0 Å². The molecule has 0 spiro atoms. The average molecular weight is 214 g/mol. The minimum atomic E-state index is -0.170. The second-order valence-electron chi connectivity index (χ2n) is 3.79. The summed E-state index contributed by atoms with van der Waals surface area (Å²) in [6, 6.07) is 0. The first-order valence-electron chi connectivity index (χ1n) is 5.62. The summed E-state index contributed by atoms with van der Waals surface area (Å²) in [6.45, 7) is 3.96. The summed E-state index contributed by atoms with van der Waals surface area (Å²) in [6.07, 6.45) is 8.11. The largest absolute Gasteiger partial charge is 0.463 e. The highest BCUT2D eigenvalue weighted by molar-refractivity contribution is 5.71. The standard InChI is InChI=1S/C12H22O3/c1-11(2)15-12(14)9-7-5-3-4-6-8-10-13/h5,7,11,13H,3-4,6,8-10H2,1-2H3/b7-5+. The number of ether oxygens (including phenoxy) is 1. The van der Waals surface area contributed by atoms with Crippen LogP contribution in [0.3, 0.4) is 0 Å². The van der Waals surface area contributed by atoms with Gasteiger partial charge < -0.3 is 9.84 Å². The maximum absolute atomic E-state index is 11.1. The van der Waals surface area contributed by atoms with Crippen molar-refractivity contribution in [3.8, 4) is 0 Å². The molecule has 3 heteroatoms. The third-order valence-corrected chi connectivity index (χ3v) is 1.85. The maximum atomic E-state index is 11.1. The number of aliphatic hydroxyl groups excluding tert-OH is 1. The minimum Gasteiger partial charge on any atom is -0.463 e. The fourth-order valence-electron chi connectivity index (χ4n) is 1.16. The zero-order chi connectivity index (χ0) is 11.5. The Bertz CT molecular complexity index is 185. The molecule has 0 radical (unpaired) electrons. The highest BCUT2D eigenvalue weighted by Crippen LogP contribution is 2.01. The molecule has 0 aromatic carbocycles. The summed E-state index contributed by atoms with van der Waals surface area (Å²) < 4.78 is 4.97. The van der Waals surface area contributed by atoms with Gasteiger partial charge in [0.1, 0.15) is 0 Å². The van der Waals surface area contributed by atoms with Crippen molar-refractivity contribution in [2.24, 2.45) is 0 Å². The van der Waals surface area contributed by atoms with Crippen molar-refractivity contribution in [1.29, 1.82) is 0 Å². The number of hydrogen-bond donors (Lipinski definition) is 1. The topological polar surface area (TPSA) is 46.5 Å². The summed E-state index contributed by atoms with van der Waals surface area (Å²) >= 11 is 0. The van der Waals surface area contributed by atoms with Crippen molar-refractivity contribution in [3.05, 3.63) is 12.2 Å². The summed E-state index contributed by atoms with van der Waals surface area (Å²) in [5, 5.41) is 8.55. The van der Waals surface area contributed by atoms with E-state index in [1.807, 2.05) is 26.0 Å². The van der Waals surface area contributed by atoms with Crippen LogP contribution in [0.15, 0.2) is 12.2 Å². The van der Waals surface area contributed by atoms with E-state index in [-0.39, 0.29) is 18.7 Å². The number of esters is 1. The molecule has 0 rings (SSSR count). The van der Waals surface area contributed by atoms with E-state index in [2.05, 4.69) is 0 Å². The van der Waals surface area contributed by atoms with Gasteiger partial charge in [-0.15, -0.1) is 0 Å². The van der Waals surface area contributed by atoms with Gasteiger partial charge in [-0.05, 0) is 33.1 Å². The number of aliphatic hydroxyl groups is 1. The Labute approximate surface area is 92.1 Å². The highest BCUT2D eigenvalue weighted by atomic mass is 16.5. The highest BCUT2D eigenvalue weighted by Gasteiger charge is 2.01. The molecule has 0 aromatic rings. The van der Waals surface area contributed by atoms with Crippen LogP contribution in [-0.4, -0.2) is 23.8 Å². The van der Waals surface area contributed by atoms with E-state index in [4.69, 9.17) is 9.84 Å². The quantitative estimate of drug-likeness (QED) is 0.383. The lowest BCUT2D eigenvalue weighted by Crippen LogP contribution is -2.09. The summed E-state index contributed by atoms with van der Waals surface area (Å²) in [7, 11) is 0. The molecule has 1 N–H and O–H groups in total. The van der Waals surface area contributed by atoms with E-state index >= 15 is 0 Å². The fraction of sp³-hybridized carbons (Fsp3) is 0.750. The van der Waals surface area contributed by atoms with Gasteiger partial charge in [0.15, 0.2) is 0 Å². The monoisotopic (exact) mass is 214 g/mol. The van der Waals surface area contributed by atoms with Gasteiger partial charge in [-0.2, -0.15) is 0 Å². The molecule has 0 heterocycles. The van der Waals surface area contributed by atoms with Crippen LogP contribution < -0.4 is 0 Å². The Morgan fingerprint density at radius 2 is 2.00 bits per heavy atom. The molecule has 0 saturated carbocycles. The molecule has 0 aliphatic heterocycles. The Kier molecular flexibility index (Phi) is 9.18. The van der Waals surface area contributed by atoms with E-state index in [0.717, 1.165) is 25.7 Å².